The summed E-state index contributed by atoms with van der Waals surface area (Å²) in [4.78, 5) is 11.2. The van der Waals surface area contributed by atoms with Crippen molar-refractivity contribution in [1.29, 1.82) is 0 Å². The Morgan fingerprint density at radius 1 is 1.04 bits per heavy atom. The molecule has 1 heterocycles. The predicted molar refractivity (Wildman–Crippen MR) is 93.5 cm³/mol. The van der Waals surface area contributed by atoms with Gasteiger partial charge in [-0.1, -0.05) is 42.5 Å². The number of para-hydroxylation sites is 1. The quantitative estimate of drug-likeness (QED) is 0.671. The molecule has 0 radical (unpaired) electrons. The van der Waals surface area contributed by atoms with Crippen molar-refractivity contribution < 1.29 is 13.9 Å². The van der Waals surface area contributed by atoms with E-state index in [4.69, 9.17) is 4.42 Å². The second kappa shape index (κ2) is 7.79. The van der Waals surface area contributed by atoms with Crippen molar-refractivity contribution >= 4 is 16.9 Å². The fraction of sp³-hybridized carbons (Fsp3) is 0.250. The summed E-state index contributed by atoms with van der Waals surface area (Å²) in [5, 5.41) is 4.52. The first-order valence-electron chi connectivity index (χ1n) is 8.07. The van der Waals surface area contributed by atoms with Crippen LogP contribution in [-0.4, -0.2) is 13.1 Å². The average molecular weight is 323 g/mol. The molecule has 0 bridgehead atoms. The van der Waals surface area contributed by atoms with Crippen molar-refractivity contribution in [2.45, 2.75) is 25.9 Å². The van der Waals surface area contributed by atoms with E-state index >= 15 is 0 Å². The zero-order valence-corrected chi connectivity index (χ0v) is 13.7. The van der Waals surface area contributed by atoms with Gasteiger partial charge in [0.25, 0.3) is 0 Å². The van der Waals surface area contributed by atoms with Gasteiger partial charge in [0.1, 0.15) is 11.3 Å². The van der Waals surface area contributed by atoms with Crippen molar-refractivity contribution in [3.63, 3.8) is 0 Å². The smallest absolute Gasteiger partial charge is 0.305 e. The number of benzene rings is 2. The first kappa shape index (κ1) is 16.3. The van der Waals surface area contributed by atoms with Gasteiger partial charge in [-0.25, -0.2) is 0 Å². The van der Waals surface area contributed by atoms with Crippen LogP contribution in [0.5, 0.6) is 0 Å². The van der Waals surface area contributed by atoms with Crippen molar-refractivity contribution in [1.82, 2.24) is 5.32 Å². The highest BCUT2D eigenvalue weighted by molar-refractivity contribution is 5.77. The number of rotatable bonds is 7. The molecule has 0 spiro atoms. The molecule has 4 heteroatoms. The Morgan fingerprint density at radius 3 is 2.71 bits per heavy atom. The van der Waals surface area contributed by atoms with Crippen molar-refractivity contribution in [2.24, 2.45) is 0 Å². The standard InChI is InChI=1S/C20H21NO3/c1-23-20(22)10-9-15-5-4-6-16(11-15)13-21-14-18-12-17-7-2-3-8-19(17)24-18/h2-8,11-12,21H,9-10,13-14H2,1H3. The molecular weight excluding hydrogens is 302 g/mol. The minimum atomic E-state index is -0.177. The van der Waals surface area contributed by atoms with Gasteiger partial charge in [-0.2, -0.15) is 0 Å². The molecule has 0 aliphatic heterocycles. The zero-order chi connectivity index (χ0) is 16.8. The van der Waals surface area contributed by atoms with E-state index in [0.29, 0.717) is 19.4 Å². The number of nitrogens with one attached hydrogen (secondary N) is 1. The summed E-state index contributed by atoms with van der Waals surface area (Å²) in [6, 6.07) is 18.3. The van der Waals surface area contributed by atoms with Gasteiger partial charge in [-0.3, -0.25) is 4.79 Å². The molecule has 0 saturated carbocycles. The molecule has 3 rings (SSSR count). The summed E-state index contributed by atoms with van der Waals surface area (Å²) < 4.78 is 10.5. The maximum absolute atomic E-state index is 11.2. The molecule has 24 heavy (non-hydrogen) atoms. The predicted octanol–water partition coefficient (Wildman–Crippen LogP) is 3.83. The van der Waals surface area contributed by atoms with E-state index < -0.39 is 0 Å². The van der Waals surface area contributed by atoms with Crippen molar-refractivity contribution in [3.8, 4) is 0 Å². The Morgan fingerprint density at radius 2 is 1.88 bits per heavy atom. The number of aryl methyl sites for hydroxylation is 1. The number of carbonyl (C=O) groups is 1. The van der Waals surface area contributed by atoms with Crippen LogP contribution in [0.1, 0.15) is 23.3 Å². The van der Waals surface area contributed by atoms with E-state index in [1.807, 2.05) is 36.4 Å². The minimum absolute atomic E-state index is 0.177. The SMILES string of the molecule is COC(=O)CCc1cccc(CNCc2cc3ccccc3o2)c1. The second-order valence-electron chi connectivity index (χ2n) is 5.75. The van der Waals surface area contributed by atoms with Gasteiger partial charge in [0.15, 0.2) is 0 Å². The molecule has 0 fully saturated rings. The Hall–Kier alpha value is -2.59. The number of ether oxygens (including phenoxy) is 1. The molecule has 0 aliphatic rings. The molecule has 4 nitrogen and oxygen atoms in total. The van der Waals surface area contributed by atoms with Crippen LogP contribution in [0.15, 0.2) is 59.0 Å². The first-order chi connectivity index (χ1) is 11.7. The lowest BCUT2D eigenvalue weighted by atomic mass is 10.1. The number of methoxy groups -OCH3 is 1. The van der Waals surface area contributed by atoms with Crippen LogP contribution in [0.3, 0.4) is 0 Å². The van der Waals surface area contributed by atoms with Crippen molar-refractivity contribution in [3.05, 3.63) is 71.5 Å². The van der Waals surface area contributed by atoms with Crippen molar-refractivity contribution in [2.75, 3.05) is 7.11 Å². The third-order valence-corrected chi connectivity index (χ3v) is 3.94. The Bertz CT molecular complexity index is 789. The third kappa shape index (κ3) is 4.24. The monoisotopic (exact) mass is 323 g/mol. The maximum atomic E-state index is 11.2. The first-order valence-corrected chi connectivity index (χ1v) is 8.07. The molecule has 0 aliphatic carbocycles. The van der Waals surface area contributed by atoms with E-state index in [1.165, 1.54) is 12.7 Å². The molecule has 0 atom stereocenters. The highest BCUT2D eigenvalue weighted by Gasteiger charge is 2.04. The normalized spacial score (nSPS) is 10.9. The second-order valence-corrected chi connectivity index (χ2v) is 5.75. The lowest BCUT2D eigenvalue weighted by Gasteiger charge is -2.06. The van der Waals surface area contributed by atoms with Crippen LogP contribution < -0.4 is 5.32 Å². The summed E-state index contributed by atoms with van der Waals surface area (Å²) in [6.45, 7) is 1.43. The number of esters is 1. The van der Waals surface area contributed by atoms with Crippen LogP contribution in [-0.2, 0) is 29.0 Å². The molecule has 1 N–H and O–H groups in total. The van der Waals surface area contributed by atoms with Gasteiger partial charge < -0.3 is 14.5 Å². The topological polar surface area (TPSA) is 51.5 Å². The number of hydrogen-bond acceptors (Lipinski definition) is 4. The van der Waals surface area contributed by atoms with E-state index in [9.17, 15) is 4.79 Å². The fourth-order valence-corrected chi connectivity index (χ4v) is 2.70. The molecular formula is C20H21NO3. The largest absolute Gasteiger partial charge is 0.469 e. The van der Waals surface area contributed by atoms with E-state index in [1.54, 1.807) is 0 Å². The number of fused-ring (bicyclic) bond motifs is 1. The lowest BCUT2D eigenvalue weighted by molar-refractivity contribution is -0.140. The fourth-order valence-electron chi connectivity index (χ4n) is 2.70. The third-order valence-electron chi connectivity index (χ3n) is 3.94. The van der Waals surface area contributed by atoms with E-state index in [-0.39, 0.29) is 5.97 Å². The van der Waals surface area contributed by atoms with Crippen LogP contribution in [0.2, 0.25) is 0 Å². The van der Waals surface area contributed by atoms with Crippen LogP contribution in [0, 0.1) is 0 Å². The minimum Gasteiger partial charge on any atom is -0.469 e. The van der Waals surface area contributed by atoms with Gasteiger partial charge in [0.2, 0.25) is 0 Å². The zero-order valence-electron chi connectivity index (χ0n) is 13.7. The highest BCUT2D eigenvalue weighted by atomic mass is 16.5. The Kier molecular flexibility index (Phi) is 5.29. The number of furan rings is 1. The lowest BCUT2D eigenvalue weighted by Crippen LogP contribution is -2.12. The molecule has 1 aromatic heterocycles. The van der Waals surface area contributed by atoms with Crippen LogP contribution in [0.4, 0.5) is 0 Å². The van der Waals surface area contributed by atoms with Crippen LogP contribution >= 0.6 is 0 Å². The Labute approximate surface area is 141 Å². The van der Waals surface area contributed by atoms with Gasteiger partial charge in [-0.05, 0) is 29.7 Å². The average Bonchev–Trinajstić information content (AvgIpc) is 3.03. The molecule has 3 aromatic rings. The Balaban J connectivity index is 1.53. The summed E-state index contributed by atoms with van der Waals surface area (Å²) in [6.07, 6.45) is 1.11. The molecule has 0 amide bonds. The number of hydrogen-bond donors (Lipinski definition) is 1. The molecule has 0 saturated heterocycles. The maximum Gasteiger partial charge on any atom is 0.305 e. The molecule has 2 aromatic carbocycles. The van der Waals surface area contributed by atoms with Crippen LogP contribution in [0.25, 0.3) is 11.0 Å². The summed E-state index contributed by atoms with van der Waals surface area (Å²) in [5.41, 5.74) is 3.25. The van der Waals surface area contributed by atoms with Gasteiger partial charge in [-0.15, -0.1) is 0 Å². The van der Waals surface area contributed by atoms with Gasteiger partial charge in [0, 0.05) is 18.4 Å². The summed E-state index contributed by atoms with van der Waals surface area (Å²) in [7, 11) is 1.42. The van der Waals surface area contributed by atoms with E-state index in [2.05, 4.69) is 28.3 Å². The summed E-state index contributed by atoms with van der Waals surface area (Å²) >= 11 is 0. The van der Waals surface area contributed by atoms with E-state index in [0.717, 1.165) is 28.8 Å². The van der Waals surface area contributed by atoms with Gasteiger partial charge in [0.05, 0.1) is 13.7 Å². The molecule has 124 valence electrons. The highest BCUT2D eigenvalue weighted by Crippen LogP contribution is 2.18. The number of carbonyl (C=O) groups excluding carboxylic acids is 1. The van der Waals surface area contributed by atoms with Gasteiger partial charge >= 0.3 is 5.97 Å². The molecule has 0 unspecified atom stereocenters. The summed E-state index contributed by atoms with van der Waals surface area (Å²) in [5.74, 6) is 0.751.